The third-order valence-corrected chi connectivity index (χ3v) is 4.32. The van der Waals surface area contributed by atoms with Crippen molar-refractivity contribution in [1.29, 1.82) is 0 Å². The van der Waals surface area contributed by atoms with Crippen molar-refractivity contribution in [2.75, 3.05) is 13.6 Å². The zero-order valence-electron chi connectivity index (χ0n) is 11.3. The molecule has 20 heavy (non-hydrogen) atoms. The highest BCUT2D eigenvalue weighted by Crippen LogP contribution is 2.30. The van der Waals surface area contributed by atoms with E-state index in [0.29, 0.717) is 12.1 Å². The molecule has 0 fully saturated rings. The number of alkyl halides is 3. The molecule has 0 aliphatic carbocycles. The Morgan fingerprint density at radius 3 is 1.95 bits per heavy atom. The van der Waals surface area contributed by atoms with E-state index in [1.165, 1.54) is 20.9 Å². The fourth-order valence-electron chi connectivity index (χ4n) is 1.63. The third kappa shape index (κ3) is 4.19. The van der Waals surface area contributed by atoms with Gasteiger partial charge in [0.15, 0.2) is 0 Å². The van der Waals surface area contributed by atoms with E-state index >= 15 is 0 Å². The lowest BCUT2D eigenvalue weighted by molar-refractivity contribution is -0.137. The van der Waals surface area contributed by atoms with Crippen molar-refractivity contribution in [3.05, 3.63) is 29.8 Å². The lowest BCUT2D eigenvalue weighted by atomic mass is 10.1. The van der Waals surface area contributed by atoms with Gasteiger partial charge in [-0.1, -0.05) is 0 Å². The Morgan fingerprint density at radius 1 is 1.15 bits per heavy atom. The van der Waals surface area contributed by atoms with Gasteiger partial charge in [-0.05, 0) is 38.1 Å². The van der Waals surface area contributed by atoms with Gasteiger partial charge in [0.1, 0.15) is 0 Å². The molecule has 0 aliphatic heterocycles. The van der Waals surface area contributed by atoms with E-state index in [9.17, 15) is 26.7 Å². The van der Waals surface area contributed by atoms with Gasteiger partial charge in [-0.2, -0.15) is 17.5 Å². The van der Waals surface area contributed by atoms with Crippen LogP contribution in [-0.2, 0) is 16.2 Å². The van der Waals surface area contributed by atoms with Crippen LogP contribution < -0.4 is 0 Å². The molecule has 0 spiro atoms. The first-order valence-corrected chi connectivity index (χ1v) is 7.14. The van der Waals surface area contributed by atoms with Gasteiger partial charge < -0.3 is 5.11 Å². The van der Waals surface area contributed by atoms with Gasteiger partial charge in [0, 0.05) is 13.6 Å². The Bertz CT molecular complexity index is 559. The topological polar surface area (TPSA) is 57.6 Å². The molecule has 0 heterocycles. The summed E-state index contributed by atoms with van der Waals surface area (Å²) in [6.07, 6.45) is -4.51. The molecule has 0 amide bonds. The van der Waals surface area contributed by atoms with E-state index in [1.807, 2.05) is 0 Å². The van der Waals surface area contributed by atoms with E-state index in [4.69, 9.17) is 0 Å². The summed E-state index contributed by atoms with van der Waals surface area (Å²) >= 11 is 0. The summed E-state index contributed by atoms with van der Waals surface area (Å²) in [6, 6.07) is 3.23. The van der Waals surface area contributed by atoms with Crippen LogP contribution in [0.25, 0.3) is 0 Å². The maximum absolute atomic E-state index is 12.4. The number of hydrogen-bond acceptors (Lipinski definition) is 3. The number of rotatable bonds is 4. The molecule has 8 heteroatoms. The van der Waals surface area contributed by atoms with Crippen molar-refractivity contribution in [3.63, 3.8) is 0 Å². The van der Waals surface area contributed by atoms with Crippen LogP contribution in [0.3, 0.4) is 0 Å². The maximum atomic E-state index is 12.4. The zero-order chi connectivity index (χ0) is 15.8. The first-order valence-electron chi connectivity index (χ1n) is 5.70. The van der Waals surface area contributed by atoms with E-state index in [2.05, 4.69) is 0 Å². The Balaban J connectivity index is 3.05. The molecule has 0 aliphatic rings. The smallest absolute Gasteiger partial charge is 0.389 e. The summed E-state index contributed by atoms with van der Waals surface area (Å²) < 4.78 is 62.3. The van der Waals surface area contributed by atoms with Gasteiger partial charge in [-0.3, -0.25) is 0 Å². The Hall–Kier alpha value is -1.12. The largest absolute Gasteiger partial charge is 0.416 e. The molecule has 1 rings (SSSR count). The normalized spacial score (nSPS) is 13.8. The fourth-order valence-corrected chi connectivity index (χ4v) is 2.95. The third-order valence-electron chi connectivity index (χ3n) is 2.50. The Labute approximate surface area is 115 Å². The summed E-state index contributed by atoms with van der Waals surface area (Å²) in [7, 11) is -2.67. The summed E-state index contributed by atoms with van der Waals surface area (Å²) in [4.78, 5) is -0.253. The predicted molar refractivity (Wildman–Crippen MR) is 67.6 cm³/mol. The van der Waals surface area contributed by atoms with Crippen LogP contribution in [0.2, 0.25) is 0 Å². The van der Waals surface area contributed by atoms with Crippen LogP contribution in [0.5, 0.6) is 0 Å². The molecule has 1 aromatic carbocycles. The zero-order valence-corrected chi connectivity index (χ0v) is 12.1. The number of benzene rings is 1. The fraction of sp³-hybridized carbons (Fsp3) is 0.500. The minimum atomic E-state index is -4.51. The summed E-state index contributed by atoms with van der Waals surface area (Å²) in [5.74, 6) is 0. The van der Waals surface area contributed by atoms with Gasteiger partial charge in [0.05, 0.1) is 16.1 Å². The minimum Gasteiger partial charge on any atom is -0.389 e. The van der Waals surface area contributed by atoms with Crippen LogP contribution in [0.1, 0.15) is 19.4 Å². The number of nitrogens with zero attached hydrogens (tertiary/aromatic N) is 1. The lowest BCUT2D eigenvalue weighted by Crippen LogP contribution is -2.39. The number of hydrogen-bond donors (Lipinski definition) is 1. The molecule has 0 bridgehead atoms. The van der Waals surface area contributed by atoms with Crippen molar-refractivity contribution < 1.29 is 26.7 Å². The van der Waals surface area contributed by atoms with Gasteiger partial charge >= 0.3 is 6.18 Å². The Morgan fingerprint density at radius 2 is 1.60 bits per heavy atom. The standard InChI is InChI=1S/C12H16F3NO3S/c1-11(2,17)8-16(3)20(18,19)10-6-4-9(5-7-10)12(13,14)15/h4-7,17H,8H2,1-3H3. The molecule has 4 nitrogen and oxygen atoms in total. The van der Waals surface area contributed by atoms with Crippen LogP contribution in [-0.4, -0.2) is 37.0 Å². The highest BCUT2D eigenvalue weighted by atomic mass is 32.2. The molecular weight excluding hydrogens is 295 g/mol. The van der Waals surface area contributed by atoms with Crippen molar-refractivity contribution >= 4 is 10.0 Å². The molecule has 114 valence electrons. The number of halogens is 3. The van der Waals surface area contributed by atoms with Gasteiger partial charge in [-0.25, -0.2) is 8.42 Å². The minimum absolute atomic E-state index is 0.170. The molecule has 0 saturated heterocycles. The summed E-state index contributed by atoms with van der Waals surface area (Å²) in [6.45, 7) is 2.70. The molecule has 0 radical (unpaired) electrons. The summed E-state index contributed by atoms with van der Waals surface area (Å²) in [5, 5.41) is 9.59. The molecule has 0 saturated carbocycles. The average molecular weight is 311 g/mol. The van der Waals surface area contributed by atoms with E-state index < -0.39 is 27.4 Å². The van der Waals surface area contributed by atoms with Gasteiger partial charge in [-0.15, -0.1) is 0 Å². The van der Waals surface area contributed by atoms with Gasteiger partial charge in [0.2, 0.25) is 10.0 Å². The molecule has 1 N–H and O–H groups in total. The maximum Gasteiger partial charge on any atom is 0.416 e. The van der Waals surface area contributed by atoms with Crippen molar-refractivity contribution in [3.8, 4) is 0 Å². The van der Waals surface area contributed by atoms with Crippen molar-refractivity contribution in [2.24, 2.45) is 0 Å². The highest BCUT2D eigenvalue weighted by Gasteiger charge is 2.31. The predicted octanol–water partition coefficient (Wildman–Crippen LogP) is 2.10. The van der Waals surface area contributed by atoms with Crippen molar-refractivity contribution in [2.45, 2.75) is 30.5 Å². The number of likely N-dealkylation sites (N-methyl/N-ethyl adjacent to an activating group) is 1. The number of sulfonamides is 1. The first-order chi connectivity index (χ1) is 8.84. The van der Waals surface area contributed by atoms with Crippen LogP contribution in [0.4, 0.5) is 13.2 Å². The van der Waals surface area contributed by atoms with E-state index in [-0.39, 0.29) is 11.4 Å². The van der Waals surface area contributed by atoms with Crippen LogP contribution >= 0.6 is 0 Å². The highest BCUT2D eigenvalue weighted by molar-refractivity contribution is 7.89. The second-order valence-corrected chi connectivity index (χ2v) is 7.14. The molecule has 0 unspecified atom stereocenters. The molecule has 0 aromatic heterocycles. The second-order valence-electron chi connectivity index (χ2n) is 5.10. The Kier molecular flexibility index (Phi) is 4.52. The van der Waals surface area contributed by atoms with Crippen LogP contribution in [0, 0.1) is 0 Å². The first kappa shape index (κ1) is 16.9. The molecule has 0 atom stereocenters. The lowest BCUT2D eigenvalue weighted by Gasteiger charge is -2.25. The van der Waals surface area contributed by atoms with Gasteiger partial charge in [0.25, 0.3) is 0 Å². The SMILES string of the molecule is CN(CC(C)(C)O)S(=O)(=O)c1ccc(C(F)(F)F)cc1. The quantitative estimate of drug-likeness (QED) is 0.926. The molecule has 1 aromatic rings. The molecular formula is C12H16F3NO3S. The second kappa shape index (κ2) is 5.34. The summed E-state index contributed by atoms with van der Waals surface area (Å²) in [5.41, 5.74) is -2.16. The van der Waals surface area contributed by atoms with Crippen molar-refractivity contribution in [1.82, 2.24) is 4.31 Å². The monoisotopic (exact) mass is 311 g/mol. The number of aliphatic hydroxyl groups is 1. The van der Waals surface area contributed by atoms with E-state index in [0.717, 1.165) is 16.4 Å². The average Bonchev–Trinajstić information content (AvgIpc) is 2.25. The van der Waals surface area contributed by atoms with Crippen LogP contribution in [0.15, 0.2) is 29.2 Å². The van der Waals surface area contributed by atoms with E-state index in [1.54, 1.807) is 0 Å².